The molecule has 1 fully saturated rings. The molecule has 2 heterocycles. The van der Waals surface area contributed by atoms with Gasteiger partial charge in [-0.15, -0.1) is 11.8 Å². The number of aromatic nitrogens is 1. The number of likely N-dealkylation sites (tertiary alicyclic amines) is 1. The van der Waals surface area contributed by atoms with Crippen LogP contribution in [0.1, 0.15) is 50.3 Å². The number of aliphatic carboxylic acids is 1. The lowest BCUT2D eigenvalue weighted by molar-refractivity contribution is -0.141. The molecule has 1 aliphatic rings. The summed E-state index contributed by atoms with van der Waals surface area (Å²) in [6.45, 7) is 2.59. The Hall–Kier alpha value is -2.55. The van der Waals surface area contributed by atoms with Gasteiger partial charge in [-0.2, -0.15) is 0 Å². The average Bonchev–Trinajstić information content (AvgIpc) is 2.94. The molecule has 0 bridgehead atoms. The molecule has 6 nitrogen and oxygen atoms in total. The van der Waals surface area contributed by atoms with Crippen LogP contribution in [-0.2, 0) is 4.79 Å². The number of nitrogens with zero attached hydrogens (tertiary/aromatic N) is 2. The molecule has 4 rings (SSSR count). The van der Waals surface area contributed by atoms with Crippen molar-refractivity contribution in [2.75, 3.05) is 39.6 Å². The van der Waals surface area contributed by atoms with Crippen LogP contribution in [0.5, 0.6) is 11.5 Å². The lowest BCUT2D eigenvalue weighted by Gasteiger charge is -2.41. The Morgan fingerprint density at radius 2 is 1.97 bits per heavy atom. The number of pyridine rings is 1. The number of carbonyl (C=O) groups is 1. The first-order valence-electron chi connectivity index (χ1n) is 13.3. The topological polar surface area (TPSA) is 71.9 Å². The van der Waals surface area contributed by atoms with Crippen molar-refractivity contribution in [2.24, 2.45) is 5.41 Å². The van der Waals surface area contributed by atoms with E-state index in [4.69, 9.17) is 21.1 Å². The SMILES string of the molecule is COc1ccc2ncc(Cl)c([C@H](F)CCC3(CC(=O)O)CCN(CCCSc4ccccc4OC)CC3)c2c1. The van der Waals surface area contributed by atoms with Crippen molar-refractivity contribution in [2.45, 2.75) is 49.6 Å². The number of fused-ring (bicyclic) bond motifs is 1. The Labute approximate surface area is 238 Å². The number of benzene rings is 2. The van der Waals surface area contributed by atoms with Gasteiger partial charge in [0.15, 0.2) is 0 Å². The first-order valence-corrected chi connectivity index (χ1v) is 14.7. The molecule has 0 radical (unpaired) electrons. The van der Waals surface area contributed by atoms with Crippen LogP contribution in [0.15, 0.2) is 53.6 Å². The Bertz CT molecular complexity index is 1270. The highest BCUT2D eigenvalue weighted by molar-refractivity contribution is 7.99. The van der Waals surface area contributed by atoms with E-state index in [1.807, 2.05) is 18.2 Å². The van der Waals surface area contributed by atoms with Crippen LogP contribution >= 0.6 is 23.4 Å². The smallest absolute Gasteiger partial charge is 0.303 e. The van der Waals surface area contributed by atoms with E-state index in [0.29, 0.717) is 28.6 Å². The predicted octanol–water partition coefficient (Wildman–Crippen LogP) is 7.44. The van der Waals surface area contributed by atoms with Gasteiger partial charge in [-0.1, -0.05) is 23.7 Å². The summed E-state index contributed by atoms with van der Waals surface area (Å²) in [5.41, 5.74) is 0.623. The van der Waals surface area contributed by atoms with E-state index in [0.717, 1.165) is 55.3 Å². The normalized spacial score (nSPS) is 16.2. The zero-order chi connectivity index (χ0) is 27.8. The molecule has 0 spiro atoms. The molecular formula is C30H36ClFN2O4S. The Kier molecular flexibility index (Phi) is 10.3. The Morgan fingerprint density at radius 3 is 2.69 bits per heavy atom. The minimum absolute atomic E-state index is 0.0514. The number of hydrogen-bond acceptors (Lipinski definition) is 6. The van der Waals surface area contributed by atoms with Crippen molar-refractivity contribution < 1.29 is 23.8 Å². The van der Waals surface area contributed by atoms with Crippen LogP contribution in [0.4, 0.5) is 4.39 Å². The highest BCUT2D eigenvalue weighted by Crippen LogP contribution is 2.44. The van der Waals surface area contributed by atoms with Crippen LogP contribution in [0.25, 0.3) is 10.9 Å². The van der Waals surface area contributed by atoms with Gasteiger partial charge in [0.2, 0.25) is 0 Å². The molecule has 1 aromatic heterocycles. The number of hydrogen-bond donors (Lipinski definition) is 1. The summed E-state index contributed by atoms with van der Waals surface area (Å²) in [5.74, 6) is 1.65. The van der Waals surface area contributed by atoms with Gasteiger partial charge in [-0.25, -0.2) is 4.39 Å². The molecule has 0 aliphatic carbocycles. The standard InChI is InChI=1S/C30H36ClFN2O4S/c1-37-21-8-9-25-22(18-21)29(23(31)20-33-25)24(32)10-11-30(19-28(35)36)12-15-34(16-13-30)14-5-17-39-27-7-4-3-6-26(27)38-2/h3-4,6-9,18,20,24H,5,10-17,19H2,1-2H3,(H,35,36)/t24-/m1/s1. The summed E-state index contributed by atoms with van der Waals surface area (Å²) in [5, 5.41) is 10.6. The summed E-state index contributed by atoms with van der Waals surface area (Å²) in [4.78, 5) is 19.7. The average molecular weight is 575 g/mol. The summed E-state index contributed by atoms with van der Waals surface area (Å²) in [6, 6.07) is 13.4. The summed E-state index contributed by atoms with van der Waals surface area (Å²) >= 11 is 8.20. The zero-order valence-corrected chi connectivity index (χ0v) is 24.1. The maximum Gasteiger partial charge on any atom is 0.303 e. The number of alkyl halides is 1. The molecule has 1 aliphatic heterocycles. The fourth-order valence-corrected chi connectivity index (χ4v) is 6.72. The highest BCUT2D eigenvalue weighted by Gasteiger charge is 2.37. The lowest BCUT2D eigenvalue weighted by atomic mass is 9.71. The van der Waals surface area contributed by atoms with E-state index in [2.05, 4.69) is 16.0 Å². The first kappa shape index (κ1) is 29.4. The minimum atomic E-state index is -1.33. The third-order valence-electron chi connectivity index (χ3n) is 7.70. The van der Waals surface area contributed by atoms with Gasteiger partial charge < -0.3 is 19.5 Å². The first-order chi connectivity index (χ1) is 18.8. The van der Waals surface area contributed by atoms with Crippen LogP contribution in [0, 0.1) is 5.41 Å². The maximum atomic E-state index is 15.8. The fraction of sp³-hybridized carbons (Fsp3) is 0.467. The van der Waals surface area contributed by atoms with E-state index >= 15 is 4.39 Å². The molecule has 3 aromatic rings. The second-order valence-electron chi connectivity index (χ2n) is 10.2. The van der Waals surface area contributed by atoms with Gasteiger partial charge in [0.05, 0.1) is 31.2 Å². The van der Waals surface area contributed by atoms with Gasteiger partial charge in [-0.3, -0.25) is 9.78 Å². The monoisotopic (exact) mass is 574 g/mol. The molecule has 0 amide bonds. The quantitative estimate of drug-likeness (QED) is 0.168. The number of halogens is 2. The van der Waals surface area contributed by atoms with Gasteiger partial charge in [-0.05, 0) is 93.2 Å². The maximum absolute atomic E-state index is 15.8. The summed E-state index contributed by atoms with van der Waals surface area (Å²) in [6.07, 6.45) is 3.41. The van der Waals surface area contributed by atoms with Gasteiger partial charge >= 0.3 is 5.97 Å². The van der Waals surface area contributed by atoms with E-state index in [9.17, 15) is 9.90 Å². The molecule has 1 atom stereocenters. The number of piperidine rings is 1. The highest BCUT2D eigenvalue weighted by atomic mass is 35.5. The van der Waals surface area contributed by atoms with Gasteiger partial charge in [0, 0.05) is 22.0 Å². The van der Waals surface area contributed by atoms with Crippen LogP contribution in [0.2, 0.25) is 5.02 Å². The third kappa shape index (κ3) is 7.56. The molecule has 39 heavy (non-hydrogen) atoms. The van der Waals surface area contributed by atoms with Crippen molar-refractivity contribution in [3.63, 3.8) is 0 Å². The molecule has 0 unspecified atom stereocenters. The number of ether oxygens (including phenoxy) is 2. The minimum Gasteiger partial charge on any atom is -0.497 e. The molecule has 0 saturated carbocycles. The summed E-state index contributed by atoms with van der Waals surface area (Å²) in [7, 11) is 3.25. The number of thioether (sulfide) groups is 1. The predicted molar refractivity (Wildman–Crippen MR) is 155 cm³/mol. The van der Waals surface area contributed by atoms with E-state index in [1.54, 1.807) is 44.2 Å². The van der Waals surface area contributed by atoms with Crippen LogP contribution in [-0.4, -0.2) is 60.6 Å². The van der Waals surface area contributed by atoms with E-state index < -0.39 is 17.6 Å². The van der Waals surface area contributed by atoms with E-state index in [-0.39, 0.29) is 17.9 Å². The van der Waals surface area contributed by atoms with Crippen molar-refractivity contribution in [1.29, 1.82) is 0 Å². The Morgan fingerprint density at radius 1 is 1.21 bits per heavy atom. The second-order valence-corrected chi connectivity index (χ2v) is 11.7. The molecule has 1 saturated heterocycles. The lowest BCUT2D eigenvalue weighted by Crippen LogP contribution is -2.41. The molecule has 9 heteroatoms. The Balaban J connectivity index is 1.34. The summed E-state index contributed by atoms with van der Waals surface area (Å²) < 4.78 is 26.5. The molecular weight excluding hydrogens is 539 g/mol. The number of carboxylic acids is 1. The molecule has 210 valence electrons. The number of carboxylic acid groups (broad SMARTS) is 1. The third-order valence-corrected chi connectivity index (χ3v) is 9.14. The fourth-order valence-electron chi connectivity index (χ4n) is 5.49. The van der Waals surface area contributed by atoms with Crippen molar-refractivity contribution in [1.82, 2.24) is 9.88 Å². The number of rotatable bonds is 13. The zero-order valence-electron chi connectivity index (χ0n) is 22.5. The van der Waals surface area contributed by atoms with Gasteiger partial charge in [0.1, 0.15) is 17.7 Å². The number of methoxy groups -OCH3 is 2. The van der Waals surface area contributed by atoms with Crippen LogP contribution in [0.3, 0.4) is 0 Å². The van der Waals surface area contributed by atoms with Crippen molar-refractivity contribution in [3.8, 4) is 11.5 Å². The van der Waals surface area contributed by atoms with Crippen LogP contribution < -0.4 is 9.47 Å². The van der Waals surface area contributed by atoms with Crippen molar-refractivity contribution >= 4 is 40.2 Å². The second kappa shape index (κ2) is 13.7. The van der Waals surface area contributed by atoms with E-state index in [1.165, 1.54) is 6.20 Å². The molecule has 2 aromatic carbocycles. The van der Waals surface area contributed by atoms with Crippen molar-refractivity contribution in [3.05, 3.63) is 59.2 Å². The molecule has 1 N–H and O–H groups in total. The largest absolute Gasteiger partial charge is 0.497 e. The number of para-hydroxylation sites is 1. The van der Waals surface area contributed by atoms with Gasteiger partial charge in [0.25, 0.3) is 0 Å².